The van der Waals surface area contributed by atoms with Gasteiger partial charge in [-0.3, -0.25) is 0 Å². The molecule has 1 rings (SSSR count). The fourth-order valence-corrected chi connectivity index (χ4v) is 4.77. The zero-order valence-electron chi connectivity index (χ0n) is 10.7. The smallest absolute Gasteiger partial charge is 0.207 e. The molecule has 0 N–H and O–H groups in total. The maximum absolute atomic E-state index is 13.7. The van der Waals surface area contributed by atoms with Gasteiger partial charge in [0.15, 0.2) is 0 Å². The van der Waals surface area contributed by atoms with E-state index in [1.807, 2.05) is 6.26 Å². The van der Waals surface area contributed by atoms with Crippen molar-refractivity contribution in [3.63, 3.8) is 0 Å². The van der Waals surface area contributed by atoms with Gasteiger partial charge in [-0.05, 0) is 35.2 Å². The maximum Gasteiger partial charge on any atom is 0.247 e. The Hall–Kier alpha value is -0.180. The number of hydrogen-bond donors (Lipinski definition) is 0. The van der Waals surface area contributed by atoms with Crippen LogP contribution in [0.15, 0.2) is 21.5 Å². The molecule has 0 aliphatic heterocycles. The van der Waals surface area contributed by atoms with Crippen LogP contribution in [-0.2, 0) is 10.0 Å². The van der Waals surface area contributed by atoms with E-state index in [1.165, 1.54) is 18.8 Å². The molecular weight excluding hydrogens is 360 g/mol. The van der Waals surface area contributed by atoms with E-state index in [9.17, 15) is 17.2 Å². The van der Waals surface area contributed by atoms with E-state index in [1.54, 1.807) is 6.92 Å². The molecule has 0 heterocycles. The number of hydrogen-bond acceptors (Lipinski definition) is 3. The second-order valence-electron chi connectivity index (χ2n) is 4.02. The molecule has 3 nitrogen and oxygen atoms in total. The summed E-state index contributed by atoms with van der Waals surface area (Å²) < 4.78 is 52.4. The molecule has 0 fully saturated rings. The summed E-state index contributed by atoms with van der Waals surface area (Å²) in [5.74, 6) is -1.35. The van der Waals surface area contributed by atoms with Crippen LogP contribution in [0.1, 0.15) is 6.92 Å². The second kappa shape index (κ2) is 6.51. The van der Waals surface area contributed by atoms with Crippen molar-refractivity contribution in [2.45, 2.75) is 17.9 Å². The first-order chi connectivity index (χ1) is 8.71. The van der Waals surface area contributed by atoms with E-state index >= 15 is 0 Å². The predicted molar refractivity (Wildman–Crippen MR) is 76.9 cm³/mol. The molecule has 0 spiro atoms. The highest BCUT2D eigenvalue weighted by atomic mass is 79.9. The van der Waals surface area contributed by atoms with Gasteiger partial charge in [-0.25, -0.2) is 17.2 Å². The van der Waals surface area contributed by atoms with Crippen molar-refractivity contribution in [1.29, 1.82) is 0 Å². The van der Waals surface area contributed by atoms with Crippen molar-refractivity contribution in [2.24, 2.45) is 0 Å². The van der Waals surface area contributed by atoms with E-state index in [0.717, 1.165) is 10.4 Å². The van der Waals surface area contributed by atoms with Crippen LogP contribution in [0.2, 0.25) is 0 Å². The minimum atomic E-state index is -4.01. The van der Waals surface area contributed by atoms with Crippen LogP contribution in [0, 0.1) is 11.6 Å². The van der Waals surface area contributed by atoms with E-state index in [4.69, 9.17) is 0 Å². The Morgan fingerprint density at radius 2 is 2.00 bits per heavy atom. The molecule has 19 heavy (non-hydrogen) atoms. The van der Waals surface area contributed by atoms with Crippen LogP contribution in [0.25, 0.3) is 0 Å². The standard InChI is InChI=1S/C11H14BrF2NO2S2/c1-7(6-18-3)15(2)19(16,17)11-9(12)4-8(13)5-10(11)14/h4-5,7H,6H2,1-3H3. The minimum Gasteiger partial charge on any atom is -0.207 e. The largest absolute Gasteiger partial charge is 0.247 e. The first-order valence-corrected chi connectivity index (χ1v) is 8.96. The Bertz CT molecular complexity index is 543. The van der Waals surface area contributed by atoms with Gasteiger partial charge in [-0.15, -0.1) is 0 Å². The SMILES string of the molecule is CSCC(C)N(C)S(=O)(=O)c1c(F)cc(F)cc1Br. The molecular formula is C11H14BrF2NO2S2. The highest BCUT2D eigenvalue weighted by Crippen LogP contribution is 2.29. The molecule has 1 unspecified atom stereocenters. The predicted octanol–water partition coefficient (Wildman–Crippen LogP) is 3.10. The first-order valence-electron chi connectivity index (χ1n) is 5.33. The number of sulfonamides is 1. The third-order valence-corrected chi connectivity index (χ3v) is 6.38. The topological polar surface area (TPSA) is 37.4 Å². The fraction of sp³-hybridized carbons (Fsp3) is 0.455. The normalized spacial score (nSPS) is 13.8. The lowest BCUT2D eigenvalue weighted by Gasteiger charge is -2.24. The summed E-state index contributed by atoms with van der Waals surface area (Å²) in [6.07, 6.45) is 1.85. The summed E-state index contributed by atoms with van der Waals surface area (Å²) in [4.78, 5) is -0.538. The molecule has 0 bridgehead atoms. The Morgan fingerprint density at radius 1 is 1.42 bits per heavy atom. The van der Waals surface area contributed by atoms with Gasteiger partial charge in [0.05, 0.1) is 0 Å². The van der Waals surface area contributed by atoms with Crippen LogP contribution in [-0.4, -0.2) is 37.8 Å². The zero-order chi connectivity index (χ0) is 14.8. The molecule has 1 aromatic rings. The Labute approximate surface area is 124 Å². The van der Waals surface area contributed by atoms with Gasteiger partial charge in [0.2, 0.25) is 10.0 Å². The molecule has 108 valence electrons. The molecule has 0 amide bonds. The first kappa shape index (κ1) is 16.9. The third kappa shape index (κ3) is 3.68. The highest BCUT2D eigenvalue weighted by molar-refractivity contribution is 9.10. The highest BCUT2D eigenvalue weighted by Gasteiger charge is 2.30. The van der Waals surface area contributed by atoms with Gasteiger partial charge in [0.1, 0.15) is 16.5 Å². The van der Waals surface area contributed by atoms with Gasteiger partial charge in [-0.2, -0.15) is 16.1 Å². The number of rotatable bonds is 5. The molecule has 0 aromatic heterocycles. The van der Waals surface area contributed by atoms with Crippen LogP contribution in [0.5, 0.6) is 0 Å². The molecule has 1 aromatic carbocycles. The van der Waals surface area contributed by atoms with Gasteiger partial charge in [-0.1, -0.05) is 0 Å². The quantitative estimate of drug-likeness (QED) is 0.795. The van der Waals surface area contributed by atoms with E-state index in [0.29, 0.717) is 11.8 Å². The van der Waals surface area contributed by atoms with Crippen molar-refractivity contribution in [2.75, 3.05) is 19.1 Å². The van der Waals surface area contributed by atoms with Crippen LogP contribution < -0.4 is 0 Å². The summed E-state index contributed by atoms with van der Waals surface area (Å²) in [6, 6.07) is 1.20. The number of nitrogens with zero attached hydrogens (tertiary/aromatic N) is 1. The lowest BCUT2D eigenvalue weighted by Crippen LogP contribution is -2.37. The fourth-order valence-electron chi connectivity index (χ4n) is 1.50. The second-order valence-corrected chi connectivity index (χ2v) is 7.72. The molecule has 0 aliphatic carbocycles. The maximum atomic E-state index is 13.7. The monoisotopic (exact) mass is 373 g/mol. The van der Waals surface area contributed by atoms with Crippen molar-refractivity contribution in [1.82, 2.24) is 4.31 Å². The lowest BCUT2D eigenvalue weighted by molar-refractivity contribution is 0.410. The van der Waals surface area contributed by atoms with Gasteiger partial charge in [0, 0.05) is 29.4 Å². The third-order valence-electron chi connectivity index (χ3n) is 2.63. The van der Waals surface area contributed by atoms with Crippen molar-refractivity contribution in [3.05, 3.63) is 28.2 Å². The average molecular weight is 374 g/mol. The van der Waals surface area contributed by atoms with Crippen molar-refractivity contribution >= 4 is 37.7 Å². The molecule has 0 saturated carbocycles. The summed E-state index contributed by atoms with van der Waals surface area (Å²) >= 11 is 4.39. The van der Waals surface area contributed by atoms with Crippen molar-refractivity contribution in [3.8, 4) is 0 Å². The number of thioether (sulfide) groups is 1. The van der Waals surface area contributed by atoms with Crippen LogP contribution >= 0.6 is 27.7 Å². The van der Waals surface area contributed by atoms with Crippen molar-refractivity contribution < 1.29 is 17.2 Å². The Balaban J connectivity index is 3.28. The zero-order valence-corrected chi connectivity index (χ0v) is 13.9. The summed E-state index contributed by atoms with van der Waals surface area (Å²) in [7, 11) is -2.63. The molecule has 0 radical (unpaired) electrons. The Morgan fingerprint density at radius 3 is 2.47 bits per heavy atom. The average Bonchev–Trinajstić information content (AvgIpc) is 2.26. The van der Waals surface area contributed by atoms with Crippen LogP contribution in [0.3, 0.4) is 0 Å². The molecule has 1 atom stereocenters. The van der Waals surface area contributed by atoms with E-state index < -0.39 is 26.6 Å². The van der Waals surface area contributed by atoms with E-state index in [2.05, 4.69) is 15.9 Å². The lowest BCUT2D eigenvalue weighted by atomic mass is 10.3. The van der Waals surface area contributed by atoms with Gasteiger partial charge in [0.25, 0.3) is 0 Å². The summed E-state index contributed by atoms with van der Waals surface area (Å²) in [5.41, 5.74) is 0. The molecule has 0 aliphatic rings. The Kier molecular flexibility index (Phi) is 5.78. The van der Waals surface area contributed by atoms with Gasteiger partial charge < -0.3 is 0 Å². The molecule has 8 heteroatoms. The van der Waals surface area contributed by atoms with Crippen LogP contribution in [0.4, 0.5) is 8.78 Å². The number of halogens is 3. The summed E-state index contributed by atoms with van der Waals surface area (Å²) in [6.45, 7) is 1.73. The van der Waals surface area contributed by atoms with E-state index in [-0.39, 0.29) is 10.5 Å². The summed E-state index contributed by atoms with van der Waals surface area (Å²) in [5, 5.41) is 0. The van der Waals surface area contributed by atoms with Gasteiger partial charge >= 0.3 is 0 Å². The number of benzene rings is 1. The minimum absolute atomic E-state index is 0.117. The molecule has 0 saturated heterocycles.